The summed E-state index contributed by atoms with van der Waals surface area (Å²) in [4.78, 5) is 24.1. The summed E-state index contributed by atoms with van der Waals surface area (Å²) < 4.78 is 0. The van der Waals surface area contributed by atoms with E-state index in [-0.39, 0.29) is 18.4 Å². The van der Waals surface area contributed by atoms with E-state index in [1.165, 1.54) is 0 Å². The molecule has 2 rings (SSSR count). The monoisotopic (exact) mass is 356 g/mol. The van der Waals surface area contributed by atoms with Gasteiger partial charge in [-0.3, -0.25) is 9.59 Å². The van der Waals surface area contributed by atoms with E-state index in [0.717, 1.165) is 11.1 Å². The van der Waals surface area contributed by atoms with Gasteiger partial charge in [0, 0.05) is 17.1 Å². The Morgan fingerprint density at radius 3 is 2.32 bits per heavy atom. The fraction of sp³-hybridized carbons (Fsp3) is 0.200. The largest absolute Gasteiger partial charge is 0.350 e. The molecule has 0 aromatic heterocycles. The predicted octanol–water partition coefficient (Wildman–Crippen LogP) is 3.57. The van der Waals surface area contributed by atoms with Gasteiger partial charge in [-0.15, -0.1) is 0 Å². The Morgan fingerprint density at radius 1 is 1.00 bits per heavy atom. The highest BCUT2D eigenvalue weighted by atomic mass is 35.5. The van der Waals surface area contributed by atoms with Gasteiger partial charge in [0.1, 0.15) is 0 Å². The third-order valence-electron chi connectivity index (χ3n) is 3.63. The lowest BCUT2D eigenvalue weighted by molar-refractivity contribution is -0.124. The zero-order chi connectivity index (χ0) is 18.1. The van der Waals surface area contributed by atoms with Gasteiger partial charge in [-0.05, 0) is 35.8 Å². The van der Waals surface area contributed by atoms with Crippen LogP contribution >= 0.6 is 11.6 Å². The highest BCUT2D eigenvalue weighted by Crippen LogP contribution is 2.10. The van der Waals surface area contributed by atoms with Gasteiger partial charge in [0.05, 0.1) is 6.54 Å². The van der Waals surface area contributed by atoms with Crippen LogP contribution in [0.3, 0.4) is 0 Å². The molecule has 2 amide bonds. The maximum atomic E-state index is 12.2. The molecule has 0 fully saturated rings. The topological polar surface area (TPSA) is 58.2 Å². The van der Waals surface area contributed by atoms with Crippen molar-refractivity contribution >= 4 is 29.5 Å². The van der Waals surface area contributed by atoms with Crippen LogP contribution in [-0.4, -0.2) is 18.4 Å². The number of halogens is 1. The molecule has 0 spiro atoms. The summed E-state index contributed by atoms with van der Waals surface area (Å²) in [6.07, 6.45) is 2.42. The lowest BCUT2D eigenvalue weighted by Gasteiger charge is -2.09. The van der Waals surface area contributed by atoms with E-state index in [0.29, 0.717) is 23.6 Å². The summed E-state index contributed by atoms with van der Waals surface area (Å²) >= 11 is 5.82. The van der Waals surface area contributed by atoms with Crippen molar-refractivity contribution in [2.45, 2.75) is 19.9 Å². The average Bonchev–Trinajstić information content (AvgIpc) is 2.64. The first-order chi connectivity index (χ1) is 12.1. The smallest absolute Gasteiger partial charge is 0.247 e. The second-order valence-electron chi connectivity index (χ2n) is 5.52. The van der Waals surface area contributed by atoms with Gasteiger partial charge >= 0.3 is 0 Å². The first-order valence-corrected chi connectivity index (χ1v) is 8.51. The predicted molar refractivity (Wildman–Crippen MR) is 101 cm³/mol. The molecule has 25 heavy (non-hydrogen) atoms. The van der Waals surface area contributed by atoms with Crippen molar-refractivity contribution in [3.8, 4) is 0 Å². The van der Waals surface area contributed by atoms with Crippen molar-refractivity contribution in [2.75, 3.05) is 6.54 Å². The molecule has 5 heteroatoms. The van der Waals surface area contributed by atoms with Crippen LogP contribution in [0.4, 0.5) is 0 Å². The van der Waals surface area contributed by atoms with E-state index in [2.05, 4.69) is 10.6 Å². The zero-order valence-electron chi connectivity index (χ0n) is 14.1. The van der Waals surface area contributed by atoms with Gasteiger partial charge in [0.15, 0.2) is 0 Å². The van der Waals surface area contributed by atoms with Crippen LogP contribution in [-0.2, 0) is 16.1 Å². The molecule has 0 aliphatic heterocycles. The molecule has 2 aromatic carbocycles. The lowest BCUT2D eigenvalue weighted by Crippen LogP contribution is -2.37. The van der Waals surface area contributed by atoms with E-state index in [1.807, 2.05) is 55.5 Å². The van der Waals surface area contributed by atoms with Crippen molar-refractivity contribution < 1.29 is 9.59 Å². The number of carbonyl (C=O) groups excluding carboxylic acids is 2. The first kappa shape index (κ1) is 18.7. The van der Waals surface area contributed by atoms with Gasteiger partial charge < -0.3 is 10.6 Å². The first-order valence-electron chi connectivity index (χ1n) is 8.13. The Kier molecular flexibility index (Phi) is 7.23. The molecule has 0 bridgehead atoms. The van der Waals surface area contributed by atoms with Crippen molar-refractivity contribution in [3.05, 3.63) is 76.3 Å². The minimum atomic E-state index is -0.238. The molecule has 0 saturated carbocycles. The summed E-state index contributed by atoms with van der Waals surface area (Å²) in [5.74, 6) is -0.466. The SMILES string of the molecule is CC/C(=C\c1ccccc1)C(=O)NCC(=O)NCc1ccc(Cl)cc1. The normalized spacial score (nSPS) is 11.0. The molecule has 0 atom stereocenters. The van der Waals surface area contributed by atoms with Gasteiger partial charge in [-0.25, -0.2) is 0 Å². The quantitative estimate of drug-likeness (QED) is 0.745. The number of carbonyl (C=O) groups is 2. The number of hydrogen-bond acceptors (Lipinski definition) is 2. The molecule has 0 aliphatic rings. The molecule has 0 unspecified atom stereocenters. The van der Waals surface area contributed by atoms with Crippen molar-refractivity contribution in [1.82, 2.24) is 10.6 Å². The number of amides is 2. The summed E-state index contributed by atoms with van der Waals surface area (Å²) in [7, 11) is 0. The van der Waals surface area contributed by atoms with Crippen LogP contribution < -0.4 is 10.6 Å². The van der Waals surface area contributed by atoms with Gasteiger partial charge in [0.25, 0.3) is 0 Å². The number of rotatable bonds is 7. The Morgan fingerprint density at radius 2 is 1.68 bits per heavy atom. The Hall–Kier alpha value is -2.59. The van der Waals surface area contributed by atoms with Crippen LogP contribution in [0.25, 0.3) is 6.08 Å². The van der Waals surface area contributed by atoms with Crippen molar-refractivity contribution in [2.24, 2.45) is 0 Å². The standard InChI is InChI=1S/C20H21ClN2O2/c1-2-17(12-15-6-4-3-5-7-15)20(25)23-14-19(24)22-13-16-8-10-18(21)11-9-16/h3-12H,2,13-14H2,1H3,(H,22,24)(H,23,25)/b17-12+. The molecule has 2 N–H and O–H groups in total. The van der Waals surface area contributed by atoms with Crippen LogP contribution in [0.1, 0.15) is 24.5 Å². The molecule has 0 heterocycles. The second kappa shape index (κ2) is 9.64. The van der Waals surface area contributed by atoms with E-state index in [9.17, 15) is 9.59 Å². The third kappa shape index (κ3) is 6.43. The Balaban J connectivity index is 1.82. The number of nitrogens with one attached hydrogen (secondary N) is 2. The summed E-state index contributed by atoms with van der Waals surface area (Å²) in [5, 5.41) is 6.08. The maximum Gasteiger partial charge on any atom is 0.247 e. The zero-order valence-corrected chi connectivity index (χ0v) is 14.8. The number of benzene rings is 2. The van der Waals surface area contributed by atoms with Gasteiger partial charge in [-0.1, -0.05) is 61.0 Å². The highest BCUT2D eigenvalue weighted by Gasteiger charge is 2.09. The molecule has 130 valence electrons. The van der Waals surface area contributed by atoms with E-state index >= 15 is 0 Å². The lowest BCUT2D eigenvalue weighted by atomic mass is 10.1. The summed E-state index contributed by atoms with van der Waals surface area (Å²) in [6, 6.07) is 16.9. The van der Waals surface area contributed by atoms with E-state index in [1.54, 1.807) is 12.1 Å². The van der Waals surface area contributed by atoms with Crippen LogP contribution in [0.2, 0.25) is 5.02 Å². The fourth-order valence-corrected chi connectivity index (χ4v) is 2.34. The molecule has 0 saturated heterocycles. The van der Waals surface area contributed by atoms with E-state index < -0.39 is 0 Å². The third-order valence-corrected chi connectivity index (χ3v) is 3.88. The minimum absolute atomic E-state index is 0.0570. The molecule has 2 aromatic rings. The second-order valence-corrected chi connectivity index (χ2v) is 5.96. The summed E-state index contributed by atoms with van der Waals surface area (Å²) in [5.41, 5.74) is 2.54. The van der Waals surface area contributed by atoms with Crippen molar-refractivity contribution in [1.29, 1.82) is 0 Å². The molecular weight excluding hydrogens is 336 g/mol. The van der Waals surface area contributed by atoms with E-state index in [4.69, 9.17) is 11.6 Å². The minimum Gasteiger partial charge on any atom is -0.350 e. The average molecular weight is 357 g/mol. The Labute approximate surface area is 152 Å². The Bertz CT molecular complexity index is 740. The number of hydrogen-bond donors (Lipinski definition) is 2. The van der Waals surface area contributed by atoms with Crippen LogP contribution in [0.15, 0.2) is 60.2 Å². The molecule has 0 radical (unpaired) electrons. The van der Waals surface area contributed by atoms with Gasteiger partial charge in [-0.2, -0.15) is 0 Å². The molecular formula is C20H21ClN2O2. The highest BCUT2D eigenvalue weighted by molar-refractivity contribution is 6.30. The fourth-order valence-electron chi connectivity index (χ4n) is 2.22. The molecule has 4 nitrogen and oxygen atoms in total. The summed E-state index contributed by atoms with van der Waals surface area (Å²) in [6.45, 7) is 2.25. The van der Waals surface area contributed by atoms with Crippen molar-refractivity contribution in [3.63, 3.8) is 0 Å². The maximum absolute atomic E-state index is 12.2. The molecule has 0 aliphatic carbocycles. The van der Waals surface area contributed by atoms with Crippen LogP contribution in [0.5, 0.6) is 0 Å². The van der Waals surface area contributed by atoms with Gasteiger partial charge in [0.2, 0.25) is 11.8 Å². The van der Waals surface area contributed by atoms with Crippen LogP contribution in [0, 0.1) is 0 Å².